The minimum absolute atomic E-state index is 0.0000815. The number of nitrogens with zero attached hydrogens (tertiary/aromatic N) is 2. The summed E-state index contributed by atoms with van der Waals surface area (Å²) in [5.74, 6) is -0.824. The second-order valence-corrected chi connectivity index (χ2v) is 17.0. The first-order valence-electron chi connectivity index (χ1n) is 21.9. The minimum atomic E-state index is -5.09. The Morgan fingerprint density at radius 3 is 1.77 bits per heavy atom. The van der Waals surface area contributed by atoms with Crippen molar-refractivity contribution >= 4 is 27.3 Å². The molecule has 4 rings (SSSR count). The zero-order valence-electron chi connectivity index (χ0n) is 37.5. The third kappa shape index (κ3) is 19.1. The predicted molar refractivity (Wildman–Crippen MR) is 237 cm³/mol. The third-order valence-corrected chi connectivity index (χ3v) is 11.8. The molecule has 1 aromatic heterocycles. The summed E-state index contributed by atoms with van der Waals surface area (Å²) in [6.45, 7) is 8.07. The maximum Gasteiger partial charge on any atom is 0.417 e. The molecule has 0 fully saturated rings. The standard InChI is InChI=1S/C45H63F3N4O13S/c1-34-39(44(54)52-12-15-65-40-7-4-35(31-37(40)33-52)36-5-9-42(50)51-32-36)6-8-41(43(34)45(46,47)48)66(55,56)30-2-3-38(53)10-13-57-16-18-59-20-22-61-24-26-63-28-29-64-27-25-62-23-21-60-19-17-58-14-11-49/h4-9,31-32H,2-3,10-30,33,49H2,1H3,(H2,50,51). The van der Waals surface area contributed by atoms with E-state index < -0.39 is 43.7 Å². The second kappa shape index (κ2) is 29.5. The van der Waals surface area contributed by atoms with E-state index in [0.717, 1.165) is 30.2 Å². The number of nitrogen functional groups attached to an aromatic ring is 1. The predicted octanol–water partition coefficient (Wildman–Crippen LogP) is 4.30. The number of hydrogen-bond acceptors (Lipinski definition) is 16. The smallest absolute Gasteiger partial charge is 0.417 e. The van der Waals surface area contributed by atoms with Crippen LogP contribution in [-0.2, 0) is 65.2 Å². The van der Waals surface area contributed by atoms with Crippen molar-refractivity contribution in [3.05, 3.63) is 70.9 Å². The highest BCUT2D eigenvalue weighted by Gasteiger charge is 2.40. The molecule has 0 atom stereocenters. The quantitative estimate of drug-likeness (QED) is 0.0814. The number of hydrogen-bond donors (Lipinski definition) is 2. The molecule has 1 aliphatic rings. The van der Waals surface area contributed by atoms with Crippen LogP contribution in [0.15, 0.2) is 53.6 Å². The molecule has 66 heavy (non-hydrogen) atoms. The zero-order valence-corrected chi connectivity index (χ0v) is 38.3. The van der Waals surface area contributed by atoms with E-state index in [9.17, 15) is 31.2 Å². The monoisotopic (exact) mass is 956 g/mol. The van der Waals surface area contributed by atoms with Gasteiger partial charge in [-0.15, -0.1) is 0 Å². The molecule has 0 unspecified atom stereocenters. The number of amides is 1. The molecule has 0 aliphatic carbocycles. The van der Waals surface area contributed by atoms with Gasteiger partial charge < -0.3 is 59.0 Å². The molecule has 0 bridgehead atoms. The highest BCUT2D eigenvalue weighted by Crippen LogP contribution is 2.39. The maximum absolute atomic E-state index is 14.6. The summed E-state index contributed by atoms with van der Waals surface area (Å²) in [6, 6.07) is 10.8. The number of sulfone groups is 1. The van der Waals surface area contributed by atoms with Gasteiger partial charge in [-0.3, -0.25) is 9.59 Å². The molecule has 0 radical (unpaired) electrons. The molecule has 17 nitrogen and oxygen atoms in total. The summed E-state index contributed by atoms with van der Waals surface area (Å²) in [6.07, 6.45) is -3.85. The van der Waals surface area contributed by atoms with Gasteiger partial charge in [0.15, 0.2) is 9.84 Å². The molecule has 2 heterocycles. The average molecular weight is 957 g/mol. The van der Waals surface area contributed by atoms with E-state index in [-0.39, 0.29) is 70.1 Å². The summed E-state index contributed by atoms with van der Waals surface area (Å²) in [4.78, 5) is 30.8. The molecule has 2 aromatic carbocycles. The first-order valence-corrected chi connectivity index (χ1v) is 23.5. The number of fused-ring (bicyclic) bond motifs is 1. The molecule has 0 saturated carbocycles. The Morgan fingerprint density at radius 1 is 0.727 bits per heavy atom. The molecule has 4 N–H and O–H groups in total. The summed E-state index contributed by atoms with van der Waals surface area (Å²) in [5, 5.41) is 0. The number of alkyl halides is 3. The topological polar surface area (TPSA) is 220 Å². The van der Waals surface area contributed by atoms with Crippen LogP contribution >= 0.6 is 0 Å². The number of anilines is 1. The van der Waals surface area contributed by atoms with Crippen molar-refractivity contribution < 1.29 is 73.8 Å². The van der Waals surface area contributed by atoms with Crippen LogP contribution < -0.4 is 16.2 Å². The van der Waals surface area contributed by atoms with E-state index in [2.05, 4.69) is 4.98 Å². The van der Waals surface area contributed by atoms with Gasteiger partial charge in [0.25, 0.3) is 5.91 Å². The van der Waals surface area contributed by atoms with E-state index >= 15 is 0 Å². The number of aromatic nitrogens is 1. The summed E-state index contributed by atoms with van der Waals surface area (Å²) < 4.78 is 119. The number of rotatable bonds is 33. The van der Waals surface area contributed by atoms with Crippen molar-refractivity contribution in [2.75, 3.05) is 137 Å². The Labute approximate surface area is 384 Å². The van der Waals surface area contributed by atoms with Gasteiger partial charge in [0.2, 0.25) is 0 Å². The molecule has 0 spiro atoms. The maximum atomic E-state index is 14.6. The number of pyridine rings is 1. The van der Waals surface area contributed by atoms with Gasteiger partial charge in [0.05, 0.1) is 128 Å². The number of nitrogens with two attached hydrogens (primary N) is 2. The molecule has 3 aromatic rings. The Kier molecular flexibility index (Phi) is 24.2. The van der Waals surface area contributed by atoms with Crippen LogP contribution in [0, 0.1) is 6.92 Å². The van der Waals surface area contributed by atoms with Crippen LogP contribution in [0.5, 0.6) is 5.75 Å². The van der Waals surface area contributed by atoms with Gasteiger partial charge in [-0.1, -0.05) is 6.07 Å². The Bertz CT molecular complexity index is 2030. The van der Waals surface area contributed by atoms with Crippen LogP contribution in [0.25, 0.3) is 11.1 Å². The lowest BCUT2D eigenvalue weighted by Crippen LogP contribution is -2.33. The lowest BCUT2D eigenvalue weighted by Gasteiger charge is -2.23. The minimum Gasteiger partial charge on any atom is -0.491 e. The van der Waals surface area contributed by atoms with Crippen molar-refractivity contribution in [2.24, 2.45) is 5.73 Å². The molecule has 368 valence electrons. The van der Waals surface area contributed by atoms with Crippen LogP contribution in [-0.4, -0.2) is 161 Å². The average Bonchev–Trinajstić information content (AvgIpc) is 3.51. The van der Waals surface area contributed by atoms with Gasteiger partial charge in [0, 0.05) is 48.8 Å². The number of ketones is 1. The fraction of sp³-hybridized carbons (Fsp3) is 0.578. The van der Waals surface area contributed by atoms with E-state index in [1.54, 1.807) is 24.4 Å². The Morgan fingerprint density at radius 2 is 1.26 bits per heavy atom. The van der Waals surface area contributed by atoms with Crippen molar-refractivity contribution in [1.82, 2.24) is 9.88 Å². The molecule has 21 heteroatoms. The molecule has 1 amide bonds. The van der Waals surface area contributed by atoms with E-state index in [0.29, 0.717) is 110 Å². The lowest BCUT2D eigenvalue weighted by molar-refractivity contribution is -0.140. The number of halogens is 3. The van der Waals surface area contributed by atoms with Crippen LogP contribution in [0.2, 0.25) is 0 Å². The fourth-order valence-corrected chi connectivity index (χ4v) is 8.23. The largest absolute Gasteiger partial charge is 0.491 e. The van der Waals surface area contributed by atoms with Crippen LogP contribution in [0.1, 0.15) is 46.3 Å². The van der Waals surface area contributed by atoms with E-state index in [1.807, 2.05) is 12.1 Å². The van der Waals surface area contributed by atoms with Gasteiger partial charge in [-0.25, -0.2) is 13.4 Å². The first-order chi connectivity index (χ1) is 31.8. The third-order valence-electron chi connectivity index (χ3n) is 9.98. The first kappa shape index (κ1) is 54.3. The van der Waals surface area contributed by atoms with Gasteiger partial charge in [-0.2, -0.15) is 13.2 Å². The number of carbonyl (C=O) groups is 2. The van der Waals surface area contributed by atoms with Crippen molar-refractivity contribution in [3.8, 4) is 16.9 Å². The van der Waals surface area contributed by atoms with Gasteiger partial charge in [0.1, 0.15) is 24.0 Å². The lowest BCUT2D eigenvalue weighted by atomic mass is 10.00. The zero-order chi connectivity index (χ0) is 47.6. The van der Waals surface area contributed by atoms with Gasteiger partial charge >= 0.3 is 6.18 Å². The van der Waals surface area contributed by atoms with Crippen molar-refractivity contribution in [3.63, 3.8) is 0 Å². The number of ether oxygens (including phenoxy) is 9. The number of carbonyl (C=O) groups excluding carboxylic acids is 2. The highest BCUT2D eigenvalue weighted by molar-refractivity contribution is 7.91. The molecular weight excluding hydrogens is 894 g/mol. The summed E-state index contributed by atoms with van der Waals surface area (Å²) >= 11 is 0. The normalized spacial score (nSPS) is 13.1. The molecule has 1 aliphatic heterocycles. The van der Waals surface area contributed by atoms with Gasteiger partial charge in [-0.05, 0) is 60.9 Å². The SMILES string of the molecule is Cc1c(C(=O)N2CCOc3ccc(-c4ccc(N)nc4)cc3C2)ccc(S(=O)(=O)CCCC(=O)CCOCCOCCOCCOCCOCCOCCOCCOCCN)c1C(F)(F)F. The van der Waals surface area contributed by atoms with Crippen molar-refractivity contribution in [2.45, 2.75) is 43.8 Å². The second-order valence-electron chi connectivity index (χ2n) is 14.9. The number of benzene rings is 2. The highest BCUT2D eigenvalue weighted by atomic mass is 32.2. The summed E-state index contributed by atoms with van der Waals surface area (Å²) in [7, 11) is -4.51. The van der Waals surface area contributed by atoms with Crippen LogP contribution in [0.4, 0.5) is 19.0 Å². The number of Topliss-reactive ketones (excluding diaryl/α,β-unsaturated/α-hetero) is 1. The van der Waals surface area contributed by atoms with Crippen LogP contribution in [0.3, 0.4) is 0 Å². The Balaban J connectivity index is 1.07. The van der Waals surface area contributed by atoms with E-state index in [1.165, 1.54) is 4.90 Å². The van der Waals surface area contributed by atoms with E-state index in [4.69, 9.17) is 54.1 Å². The van der Waals surface area contributed by atoms with Crippen molar-refractivity contribution in [1.29, 1.82) is 0 Å². The fourth-order valence-electron chi connectivity index (χ4n) is 6.63. The molecule has 0 saturated heterocycles. The summed E-state index contributed by atoms with van der Waals surface area (Å²) in [5.41, 5.74) is 11.0. The Hall–Kier alpha value is -4.29. The molecular formula is C45H63F3N4O13S.